The van der Waals surface area contributed by atoms with E-state index in [1.165, 1.54) is 103 Å². The van der Waals surface area contributed by atoms with Crippen molar-refractivity contribution in [2.75, 3.05) is 0 Å². The molecule has 3 nitrogen and oxygen atoms in total. The van der Waals surface area contributed by atoms with E-state index < -0.39 is 0 Å². The molecule has 204 valence electrons. The Morgan fingerprint density at radius 2 is 0.714 bits per heavy atom. The fourth-order valence-electron chi connectivity index (χ4n) is 4.20. The van der Waals surface area contributed by atoms with Crippen molar-refractivity contribution in [2.24, 2.45) is 0 Å². The Hall–Kier alpha value is -1.38. The van der Waals surface area contributed by atoms with Gasteiger partial charge in [-0.15, -0.1) is 0 Å². The van der Waals surface area contributed by atoms with E-state index in [4.69, 9.17) is 4.74 Å². The van der Waals surface area contributed by atoms with Crippen LogP contribution in [0.1, 0.15) is 168 Å². The van der Waals surface area contributed by atoms with E-state index in [0.29, 0.717) is 12.8 Å². The maximum Gasteiger partial charge on any atom is 0.313 e. The second kappa shape index (κ2) is 28.9. The number of carbonyl (C=O) groups excluding carboxylic acids is 2. The summed E-state index contributed by atoms with van der Waals surface area (Å²) in [6.07, 6.45) is 36.4. The molecule has 0 rings (SSSR count). The van der Waals surface area contributed by atoms with Crippen LogP contribution >= 0.6 is 0 Å². The summed E-state index contributed by atoms with van der Waals surface area (Å²) in [5.74, 6) is -0.690. The van der Waals surface area contributed by atoms with Crippen LogP contribution in [0.4, 0.5) is 0 Å². The van der Waals surface area contributed by atoms with E-state index in [1.54, 1.807) is 0 Å². The van der Waals surface area contributed by atoms with Crippen molar-refractivity contribution >= 4 is 11.9 Å². The van der Waals surface area contributed by atoms with E-state index in [-0.39, 0.29) is 11.9 Å². The SMILES string of the molecule is CCCCCC/C=C/CCCCCCCC(=O)OC(=O)CCCCCCC/C=C/CCCCCC. The number of hydrogen-bond donors (Lipinski definition) is 0. The third-order valence-corrected chi connectivity index (χ3v) is 6.51. The predicted molar refractivity (Wildman–Crippen MR) is 152 cm³/mol. The number of rotatable bonds is 26. The monoisotopic (exact) mass is 490 g/mol. The summed E-state index contributed by atoms with van der Waals surface area (Å²) in [6.45, 7) is 4.50. The van der Waals surface area contributed by atoms with Gasteiger partial charge in [0.15, 0.2) is 0 Å². The van der Waals surface area contributed by atoms with Gasteiger partial charge in [0.25, 0.3) is 0 Å². The van der Waals surface area contributed by atoms with Crippen molar-refractivity contribution in [1.82, 2.24) is 0 Å². The highest BCUT2D eigenvalue weighted by molar-refractivity contribution is 5.85. The van der Waals surface area contributed by atoms with E-state index in [1.807, 2.05) is 0 Å². The van der Waals surface area contributed by atoms with Crippen molar-refractivity contribution in [3.8, 4) is 0 Å². The standard InChI is InChI=1S/C32H58O3/c1-3-5-7-9-11-13-15-17-19-21-23-25-27-29-31(33)35-32(34)30-28-26-24-22-20-18-16-14-12-10-8-6-4-2/h13-16H,3-12,17-30H2,1-2H3/b15-13+,16-14+. The molecule has 0 radical (unpaired) electrons. The van der Waals surface area contributed by atoms with Gasteiger partial charge in [-0.3, -0.25) is 9.59 Å². The van der Waals surface area contributed by atoms with Gasteiger partial charge in [0.1, 0.15) is 0 Å². The second-order valence-corrected chi connectivity index (χ2v) is 10.1. The van der Waals surface area contributed by atoms with E-state index in [2.05, 4.69) is 38.2 Å². The van der Waals surface area contributed by atoms with Crippen LogP contribution in [-0.4, -0.2) is 11.9 Å². The lowest BCUT2D eigenvalue weighted by Crippen LogP contribution is -2.11. The summed E-state index contributed by atoms with van der Waals surface area (Å²) in [6, 6.07) is 0. The maximum absolute atomic E-state index is 11.8. The molecule has 0 saturated heterocycles. The summed E-state index contributed by atoms with van der Waals surface area (Å²) in [4.78, 5) is 23.7. The third-order valence-electron chi connectivity index (χ3n) is 6.51. The number of ether oxygens (including phenoxy) is 1. The van der Waals surface area contributed by atoms with Crippen LogP contribution in [0.2, 0.25) is 0 Å². The molecule has 0 aromatic rings. The largest absolute Gasteiger partial charge is 0.393 e. The number of unbranched alkanes of at least 4 members (excludes halogenated alkanes) is 18. The highest BCUT2D eigenvalue weighted by atomic mass is 16.6. The normalized spacial score (nSPS) is 11.6. The minimum Gasteiger partial charge on any atom is -0.393 e. The van der Waals surface area contributed by atoms with Crippen LogP contribution in [0, 0.1) is 0 Å². The molecule has 0 spiro atoms. The summed E-state index contributed by atoms with van der Waals surface area (Å²) in [5, 5.41) is 0. The number of carbonyl (C=O) groups is 2. The number of esters is 2. The molecule has 0 amide bonds. The highest BCUT2D eigenvalue weighted by Crippen LogP contribution is 2.11. The smallest absolute Gasteiger partial charge is 0.313 e. The maximum atomic E-state index is 11.8. The Bertz CT molecular complexity index is 475. The van der Waals surface area contributed by atoms with Crippen LogP contribution in [0.5, 0.6) is 0 Å². The summed E-state index contributed by atoms with van der Waals surface area (Å²) in [5.41, 5.74) is 0. The number of hydrogen-bond acceptors (Lipinski definition) is 3. The first-order valence-electron chi connectivity index (χ1n) is 15.2. The zero-order valence-electron chi connectivity index (χ0n) is 23.5. The molecule has 0 heterocycles. The first-order chi connectivity index (χ1) is 17.2. The molecule has 0 N–H and O–H groups in total. The van der Waals surface area contributed by atoms with Gasteiger partial charge in [0.05, 0.1) is 0 Å². The summed E-state index contributed by atoms with van der Waals surface area (Å²) < 4.78 is 4.97. The zero-order chi connectivity index (χ0) is 25.7. The Balaban J connectivity index is 3.38. The second-order valence-electron chi connectivity index (χ2n) is 10.1. The van der Waals surface area contributed by atoms with Crippen molar-refractivity contribution in [3.05, 3.63) is 24.3 Å². The quantitative estimate of drug-likeness (QED) is 0.0524. The van der Waals surface area contributed by atoms with Gasteiger partial charge in [0, 0.05) is 12.8 Å². The van der Waals surface area contributed by atoms with Gasteiger partial charge in [-0.05, 0) is 64.2 Å². The van der Waals surface area contributed by atoms with E-state index in [0.717, 1.165) is 38.5 Å². The lowest BCUT2D eigenvalue weighted by Gasteiger charge is -2.04. The fourth-order valence-corrected chi connectivity index (χ4v) is 4.20. The minimum absolute atomic E-state index is 0.345. The average Bonchev–Trinajstić information content (AvgIpc) is 2.85. The van der Waals surface area contributed by atoms with Crippen LogP contribution in [0.25, 0.3) is 0 Å². The molecule has 0 fully saturated rings. The van der Waals surface area contributed by atoms with Crippen molar-refractivity contribution in [3.63, 3.8) is 0 Å². The Labute approximate surface area is 218 Å². The highest BCUT2D eigenvalue weighted by Gasteiger charge is 2.09. The molecule has 0 aliphatic carbocycles. The summed E-state index contributed by atoms with van der Waals surface area (Å²) >= 11 is 0. The fraction of sp³-hybridized carbons (Fsp3) is 0.812. The first-order valence-corrected chi connectivity index (χ1v) is 15.2. The van der Waals surface area contributed by atoms with Gasteiger partial charge in [-0.25, -0.2) is 0 Å². The first kappa shape index (κ1) is 33.6. The molecule has 0 aromatic carbocycles. The molecule has 0 bridgehead atoms. The predicted octanol–water partition coefficient (Wildman–Crippen LogP) is 10.6. The van der Waals surface area contributed by atoms with Gasteiger partial charge in [0.2, 0.25) is 0 Å². The van der Waals surface area contributed by atoms with Crippen molar-refractivity contribution < 1.29 is 14.3 Å². The molecule has 0 aromatic heterocycles. The average molecular weight is 491 g/mol. The van der Waals surface area contributed by atoms with Crippen LogP contribution < -0.4 is 0 Å². The van der Waals surface area contributed by atoms with Gasteiger partial charge in [-0.2, -0.15) is 0 Å². The van der Waals surface area contributed by atoms with Gasteiger partial charge < -0.3 is 4.74 Å². The Kier molecular flexibility index (Phi) is 27.7. The van der Waals surface area contributed by atoms with Crippen LogP contribution in [0.15, 0.2) is 24.3 Å². The molecule has 35 heavy (non-hydrogen) atoms. The van der Waals surface area contributed by atoms with Crippen LogP contribution in [-0.2, 0) is 14.3 Å². The van der Waals surface area contributed by atoms with Gasteiger partial charge in [-0.1, -0.05) is 115 Å². The molecule has 0 aliphatic rings. The topological polar surface area (TPSA) is 43.4 Å². The lowest BCUT2D eigenvalue weighted by molar-refractivity contribution is -0.159. The Morgan fingerprint density at radius 1 is 0.429 bits per heavy atom. The molecule has 3 heteroatoms. The lowest BCUT2D eigenvalue weighted by atomic mass is 10.1. The minimum atomic E-state index is -0.345. The zero-order valence-corrected chi connectivity index (χ0v) is 23.5. The van der Waals surface area contributed by atoms with Crippen molar-refractivity contribution in [2.45, 2.75) is 168 Å². The number of allylic oxidation sites excluding steroid dienone is 4. The Morgan fingerprint density at radius 3 is 1.06 bits per heavy atom. The molecular weight excluding hydrogens is 432 g/mol. The molecule has 0 unspecified atom stereocenters. The van der Waals surface area contributed by atoms with Gasteiger partial charge >= 0.3 is 11.9 Å². The van der Waals surface area contributed by atoms with Crippen LogP contribution in [0.3, 0.4) is 0 Å². The molecular formula is C32H58O3. The third kappa shape index (κ3) is 28.7. The summed E-state index contributed by atoms with van der Waals surface area (Å²) in [7, 11) is 0. The molecule has 0 aliphatic heterocycles. The molecule has 0 saturated carbocycles. The van der Waals surface area contributed by atoms with E-state index >= 15 is 0 Å². The molecule has 0 atom stereocenters. The van der Waals surface area contributed by atoms with E-state index in [9.17, 15) is 9.59 Å². The van der Waals surface area contributed by atoms with Crippen molar-refractivity contribution in [1.29, 1.82) is 0 Å².